The van der Waals surface area contributed by atoms with Gasteiger partial charge in [0, 0.05) is 29.9 Å². The first-order valence-electron chi connectivity index (χ1n) is 9.60. The SMILES string of the molecule is Cc1ccc(Cc2cnc(NC(=O)C3(n4cccn4)CCNCC3)s2)cc1C.Cl. The molecule has 1 aromatic carbocycles. The standard InChI is InChI=1S/C21H25N5OS.ClH/c1-15-4-5-17(12-16(15)2)13-18-14-23-20(28-18)25-19(27)21(6-9-22-10-7-21)26-11-3-8-24-26;/h3-5,8,11-12,14,22H,6-7,9-10,13H2,1-2H3,(H,23,25,27);1H. The fourth-order valence-corrected chi connectivity index (χ4v) is 4.54. The van der Waals surface area contributed by atoms with Crippen LogP contribution in [0.25, 0.3) is 0 Å². The molecule has 2 aromatic heterocycles. The van der Waals surface area contributed by atoms with Gasteiger partial charge in [0.15, 0.2) is 5.13 Å². The number of carbonyl (C=O) groups excluding carboxylic acids is 1. The minimum Gasteiger partial charge on any atom is -0.317 e. The predicted octanol–water partition coefficient (Wildman–Crippen LogP) is 3.69. The molecular formula is C21H26ClN5OS. The summed E-state index contributed by atoms with van der Waals surface area (Å²) in [5.74, 6) is -0.0372. The van der Waals surface area contributed by atoms with Crippen LogP contribution in [0, 0.1) is 13.8 Å². The van der Waals surface area contributed by atoms with E-state index in [1.165, 1.54) is 28.0 Å². The summed E-state index contributed by atoms with van der Waals surface area (Å²) in [6.07, 6.45) is 7.70. The van der Waals surface area contributed by atoms with Gasteiger partial charge in [-0.05, 0) is 62.5 Å². The van der Waals surface area contributed by atoms with Gasteiger partial charge in [0.2, 0.25) is 0 Å². The molecule has 3 aromatic rings. The van der Waals surface area contributed by atoms with Crippen LogP contribution in [0.4, 0.5) is 5.13 Å². The number of rotatable bonds is 5. The number of nitrogens with zero attached hydrogens (tertiary/aromatic N) is 3. The summed E-state index contributed by atoms with van der Waals surface area (Å²) in [4.78, 5) is 18.8. The van der Waals surface area contributed by atoms with E-state index < -0.39 is 5.54 Å². The highest BCUT2D eigenvalue weighted by atomic mass is 35.5. The Kier molecular flexibility index (Phi) is 6.72. The van der Waals surface area contributed by atoms with Crippen LogP contribution in [-0.2, 0) is 16.8 Å². The van der Waals surface area contributed by atoms with Crippen LogP contribution in [0.1, 0.15) is 34.4 Å². The summed E-state index contributed by atoms with van der Waals surface area (Å²) in [5.41, 5.74) is 3.19. The van der Waals surface area contributed by atoms with Crippen molar-refractivity contribution in [2.75, 3.05) is 18.4 Å². The quantitative estimate of drug-likeness (QED) is 0.646. The number of anilines is 1. The molecule has 1 amide bonds. The maximum absolute atomic E-state index is 13.2. The van der Waals surface area contributed by atoms with Crippen molar-refractivity contribution in [3.63, 3.8) is 0 Å². The van der Waals surface area contributed by atoms with Crippen molar-refractivity contribution in [1.82, 2.24) is 20.1 Å². The number of halogens is 1. The van der Waals surface area contributed by atoms with Crippen molar-refractivity contribution in [2.45, 2.75) is 38.6 Å². The molecule has 3 heterocycles. The van der Waals surface area contributed by atoms with Crippen LogP contribution in [-0.4, -0.2) is 33.8 Å². The number of aromatic nitrogens is 3. The number of hydrogen-bond acceptors (Lipinski definition) is 5. The van der Waals surface area contributed by atoms with Gasteiger partial charge in [0.25, 0.3) is 5.91 Å². The zero-order valence-electron chi connectivity index (χ0n) is 16.6. The highest BCUT2D eigenvalue weighted by molar-refractivity contribution is 7.15. The lowest BCUT2D eigenvalue weighted by molar-refractivity contribution is -0.126. The summed E-state index contributed by atoms with van der Waals surface area (Å²) < 4.78 is 1.80. The fraction of sp³-hybridized carbons (Fsp3) is 0.381. The van der Waals surface area contributed by atoms with Crippen LogP contribution >= 0.6 is 23.7 Å². The molecular weight excluding hydrogens is 406 g/mol. The van der Waals surface area contributed by atoms with E-state index in [1.54, 1.807) is 10.9 Å². The molecule has 1 aliphatic rings. The van der Waals surface area contributed by atoms with E-state index in [9.17, 15) is 4.79 Å². The third-order valence-corrected chi connectivity index (χ3v) is 6.43. The average Bonchev–Trinajstić information content (AvgIpc) is 3.38. The van der Waals surface area contributed by atoms with Gasteiger partial charge >= 0.3 is 0 Å². The molecule has 0 spiro atoms. The molecule has 0 saturated carbocycles. The molecule has 1 aliphatic heterocycles. The van der Waals surface area contributed by atoms with Crippen LogP contribution < -0.4 is 10.6 Å². The molecule has 1 fully saturated rings. The van der Waals surface area contributed by atoms with Gasteiger partial charge in [-0.15, -0.1) is 23.7 Å². The van der Waals surface area contributed by atoms with Gasteiger partial charge in [-0.3, -0.25) is 14.8 Å². The van der Waals surface area contributed by atoms with E-state index in [-0.39, 0.29) is 18.3 Å². The molecule has 2 N–H and O–H groups in total. The average molecular weight is 432 g/mol. The lowest BCUT2D eigenvalue weighted by Crippen LogP contribution is -2.52. The molecule has 1 saturated heterocycles. The van der Waals surface area contributed by atoms with Crippen molar-refractivity contribution < 1.29 is 4.79 Å². The van der Waals surface area contributed by atoms with Crippen LogP contribution in [0.15, 0.2) is 42.9 Å². The third kappa shape index (κ3) is 4.52. The Morgan fingerprint density at radius 3 is 2.76 bits per heavy atom. The maximum Gasteiger partial charge on any atom is 0.254 e. The van der Waals surface area contributed by atoms with E-state index in [0.717, 1.165) is 24.4 Å². The molecule has 0 aliphatic carbocycles. The molecule has 4 rings (SSSR count). The number of hydrogen-bond donors (Lipinski definition) is 2. The predicted molar refractivity (Wildman–Crippen MR) is 119 cm³/mol. The Morgan fingerprint density at radius 2 is 2.07 bits per heavy atom. The van der Waals surface area contributed by atoms with Crippen molar-refractivity contribution >= 4 is 34.8 Å². The number of thiazole rings is 1. The Bertz CT molecular complexity index is 963. The van der Waals surface area contributed by atoms with E-state index in [1.807, 2.05) is 18.5 Å². The number of amides is 1. The summed E-state index contributed by atoms with van der Waals surface area (Å²) in [6, 6.07) is 8.39. The second-order valence-electron chi connectivity index (χ2n) is 7.41. The second-order valence-corrected chi connectivity index (χ2v) is 8.53. The monoisotopic (exact) mass is 431 g/mol. The smallest absolute Gasteiger partial charge is 0.254 e. The largest absolute Gasteiger partial charge is 0.317 e. The van der Waals surface area contributed by atoms with E-state index >= 15 is 0 Å². The molecule has 29 heavy (non-hydrogen) atoms. The molecule has 6 nitrogen and oxygen atoms in total. The van der Waals surface area contributed by atoms with Crippen molar-refractivity contribution in [3.8, 4) is 0 Å². The Morgan fingerprint density at radius 1 is 1.28 bits per heavy atom. The fourth-order valence-electron chi connectivity index (χ4n) is 3.70. The summed E-state index contributed by atoms with van der Waals surface area (Å²) >= 11 is 1.54. The molecule has 0 unspecified atom stereocenters. The second kappa shape index (κ2) is 9.07. The minimum atomic E-state index is -0.658. The lowest BCUT2D eigenvalue weighted by atomic mass is 9.87. The molecule has 0 atom stereocenters. The number of aryl methyl sites for hydroxylation is 2. The van der Waals surface area contributed by atoms with Gasteiger partial charge in [-0.25, -0.2) is 4.98 Å². The first-order valence-corrected chi connectivity index (χ1v) is 10.4. The molecule has 154 valence electrons. The van der Waals surface area contributed by atoms with Gasteiger partial charge < -0.3 is 5.32 Å². The van der Waals surface area contributed by atoms with Crippen LogP contribution in [0.3, 0.4) is 0 Å². The zero-order chi connectivity index (χ0) is 19.6. The normalized spacial score (nSPS) is 15.5. The molecule has 0 bridgehead atoms. The Hall–Kier alpha value is -2.22. The van der Waals surface area contributed by atoms with E-state index in [0.29, 0.717) is 18.0 Å². The number of carbonyl (C=O) groups is 1. The van der Waals surface area contributed by atoms with E-state index in [2.05, 4.69) is 52.8 Å². The first kappa shape index (κ1) is 21.5. The lowest BCUT2D eigenvalue weighted by Gasteiger charge is -2.36. The van der Waals surface area contributed by atoms with Crippen molar-refractivity contribution in [1.29, 1.82) is 0 Å². The highest BCUT2D eigenvalue weighted by Crippen LogP contribution is 2.30. The maximum atomic E-state index is 13.2. The van der Waals surface area contributed by atoms with Crippen molar-refractivity contribution in [3.05, 3.63) is 64.4 Å². The highest BCUT2D eigenvalue weighted by Gasteiger charge is 2.42. The van der Waals surface area contributed by atoms with Crippen molar-refractivity contribution in [2.24, 2.45) is 0 Å². The molecule has 8 heteroatoms. The van der Waals surface area contributed by atoms with Gasteiger partial charge in [0.05, 0.1) is 0 Å². The zero-order valence-corrected chi connectivity index (χ0v) is 18.3. The van der Waals surface area contributed by atoms with Gasteiger partial charge in [-0.1, -0.05) is 18.2 Å². The molecule has 0 radical (unpaired) electrons. The van der Waals surface area contributed by atoms with Crippen LogP contribution in [0.5, 0.6) is 0 Å². The summed E-state index contributed by atoms with van der Waals surface area (Å²) in [7, 11) is 0. The summed E-state index contributed by atoms with van der Waals surface area (Å²) in [5, 5.41) is 11.4. The Balaban J connectivity index is 0.00000240. The third-order valence-electron chi connectivity index (χ3n) is 5.52. The minimum absolute atomic E-state index is 0. The first-order chi connectivity index (χ1) is 13.6. The number of piperidine rings is 1. The topological polar surface area (TPSA) is 71.8 Å². The van der Waals surface area contributed by atoms with Crippen LogP contribution in [0.2, 0.25) is 0 Å². The number of benzene rings is 1. The van der Waals surface area contributed by atoms with Gasteiger partial charge in [0.1, 0.15) is 5.54 Å². The van der Waals surface area contributed by atoms with Gasteiger partial charge in [-0.2, -0.15) is 5.10 Å². The van der Waals surface area contributed by atoms with E-state index in [4.69, 9.17) is 0 Å². The summed E-state index contributed by atoms with van der Waals surface area (Å²) in [6.45, 7) is 5.84. The Labute approximate surface area is 181 Å². The number of nitrogens with one attached hydrogen (secondary N) is 2.